The lowest BCUT2D eigenvalue weighted by Crippen LogP contribution is -2.12. The topological polar surface area (TPSA) is 161 Å². The van der Waals surface area contributed by atoms with Gasteiger partial charge in [-0.2, -0.15) is 0 Å². The van der Waals surface area contributed by atoms with Gasteiger partial charge in [-0.25, -0.2) is 9.97 Å². The first-order chi connectivity index (χ1) is 20.9. The third-order valence-corrected chi connectivity index (χ3v) is 6.89. The molecule has 0 fully saturated rings. The number of H-pyrrole nitrogens is 2. The third kappa shape index (κ3) is 6.34. The smallest absolute Gasteiger partial charge is 0.138 e. The van der Waals surface area contributed by atoms with Gasteiger partial charge in [0.05, 0.1) is 35.3 Å². The van der Waals surface area contributed by atoms with Gasteiger partial charge in [-0.05, 0) is 84.4 Å². The van der Waals surface area contributed by atoms with E-state index >= 15 is 0 Å². The molecule has 10 nitrogen and oxygen atoms in total. The number of ether oxygens (including phenoxy) is 3. The van der Waals surface area contributed by atoms with Crippen LogP contribution in [0.25, 0.3) is 50.5 Å². The standard InChI is InChI=1S/C33H31N7O3/c1-20(34)23-6-12-27-29(18-23)39-32(37-27)21-2-8-25(9-3-21)42-16-14-41-15-17-43-26-10-4-22(5-11-26)33-38-28-13-7-24(31(35)36)19-30(28)40-33/h2-13,18-19H,1,14-17,34H2,(H3,35,36)(H,37,39)(H,38,40). The summed E-state index contributed by atoms with van der Waals surface area (Å²) < 4.78 is 17.3. The number of hydrogen-bond donors (Lipinski definition) is 5. The maximum absolute atomic E-state index is 7.61. The molecule has 0 spiro atoms. The zero-order valence-electron chi connectivity index (χ0n) is 23.4. The molecule has 0 aliphatic heterocycles. The van der Waals surface area contributed by atoms with Crippen molar-refractivity contribution in [2.45, 2.75) is 0 Å². The number of imidazole rings is 2. The average molecular weight is 574 g/mol. The SMILES string of the molecule is C=C(N)c1ccc2nc(-c3ccc(OCCOCCOc4ccc(-c5nc6ccc(C(=N)N)cc6[nH]5)cc4)cc3)[nH]c2c1. The summed E-state index contributed by atoms with van der Waals surface area (Å²) in [6, 6.07) is 26.7. The first-order valence-corrected chi connectivity index (χ1v) is 13.8. The Morgan fingerprint density at radius 2 is 1.12 bits per heavy atom. The minimum Gasteiger partial charge on any atom is -0.491 e. The molecule has 43 heavy (non-hydrogen) atoms. The number of aromatic nitrogens is 4. The molecule has 2 aromatic heterocycles. The van der Waals surface area contributed by atoms with Crippen LogP contribution in [-0.2, 0) is 4.74 Å². The molecule has 0 radical (unpaired) electrons. The van der Waals surface area contributed by atoms with E-state index in [0.717, 1.165) is 61.9 Å². The molecular formula is C33H31N7O3. The van der Waals surface area contributed by atoms with Crippen LogP contribution >= 0.6 is 0 Å². The Hall–Kier alpha value is -5.61. The Balaban J connectivity index is 0.920. The number of nitrogens with one attached hydrogen (secondary N) is 3. The summed E-state index contributed by atoms with van der Waals surface area (Å²) in [5, 5.41) is 7.61. The predicted octanol–water partition coefficient (Wildman–Crippen LogP) is 5.46. The summed E-state index contributed by atoms with van der Waals surface area (Å²) in [7, 11) is 0. The van der Waals surface area contributed by atoms with Gasteiger partial charge in [0.2, 0.25) is 0 Å². The van der Waals surface area contributed by atoms with Crippen LogP contribution in [0.4, 0.5) is 0 Å². The molecule has 216 valence electrons. The van der Waals surface area contributed by atoms with Crippen LogP contribution < -0.4 is 20.9 Å². The van der Waals surface area contributed by atoms with E-state index < -0.39 is 0 Å². The van der Waals surface area contributed by atoms with Crippen LogP contribution in [0.3, 0.4) is 0 Å². The van der Waals surface area contributed by atoms with Crippen LogP contribution in [0.15, 0.2) is 91.5 Å². The minimum atomic E-state index is 0.0249. The lowest BCUT2D eigenvalue weighted by Gasteiger charge is -2.09. The fraction of sp³-hybridized carbons (Fsp3) is 0.121. The zero-order valence-corrected chi connectivity index (χ0v) is 23.4. The average Bonchev–Trinajstić information content (AvgIpc) is 3.65. The van der Waals surface area contributed by atoms with E-state index in [1.54, 1.807) is 6.07 Å². The summed E-state index contributed by atoms with van der Waals surface area (Å²) in [5.41, 5.74) is 18.8. The number of aromatic amines is 2. The molecule has 0 saturated heterocycles. The van der Waals surface area contributed by atoms with Gasteiger partial charge < -0.3 is 35.6 Å². The number of benzene rings is 4. The molecule has 0 bridgehead atoms. The molecule has 10 heteroatoms. The van der Waals surface area contributed by atoms with E-state index in [4.69, 9.17) is 31.1 Å². The highest BCUT2D eigenvalue weighted by atomic mass is 16.5. The molecule has 0 amide bonds. The highest BCUT2D eigenvalue weighted by Crippen LogP contribution is 2.25. The Labute approximate surface area is 247 Å². The Morgan fingerprint density at radius 1 is 0.651 bits per heavy atom. The Bertz CT molecular complexity index is 1770. The largest absolute Gasteiger partial charge is 0.491 e. The molecule has 7 N–H and O–H groups in total. The normalized spacial score (nSPS) is 11.2. The van der Waals surface area contributed by atoms with Gasteiger partial charge in [0.15, 0.2) is 0 Å². The summed E-state index contributed by atoms with van der Waals surface area (Å²) in [6.07, 6.45) is 0. The van der Waals surface area contributed by atoms with Crippen molar-refractivity contribution in [2.75, 3.05) is 26.4 Å². The lowest BCUT2D eigenvalue weighted by molar-refractivity contribution is 0.0764. The number of nitrogens with two attached hydrogens (primary N) is 2. The van der Waals surface area contributed by atoms with E-state index in [-0.39, 0.29) is 5.84 Å². The van der Waals surface area contributed by atoms with Crippen LogP contribution in [0.5, 0.6) is 11.5 Å². The summed E-state index contributed by atoms with van der Waals surface area (Å²) in [4.78, 5) is 15.9. The Morgan fingerprint density at radius 3 is 1.58 bits per heavy atom. The van der Waals surface area contributed by atoms with Crippen LogP contribution in [0.1, 0.15) is 11.1 Å². The van der Waals surface area contributed by atoms with Crippen molar-refractivity contribution in [3.8, 4) is 34.3 Å². The summed E-state index contributed by atoms with van der Waals surface area (Å²) in [6.45, 7) is 5.53. The van der Waals surface area contributed by atoms with E-state index in [9.17, 15) is 0 Å². The Kier molecular flexibility index (Phi) is 7.75. The van der Waals surface area contributed by atoms with E-state index in [2.05, 4.69) is 26.5 Å². The minimum absolute atomic E-state index is 0.0249. The first kappa shape index (κ1) is 27.6. The van der Waals surface area contributed by atoms with Crippen molar-refractivity contribution in [1.29, 1.82) is 5.41 Å². The van der Waals surface area contributed by atoms with Crippen molar-refractivity contribution in [3.63, 3.8) is 0 Å². The summed E-state index contributed by atoms with van der Waals surface area (Å²) in [5.74, 6) is 3.04. The molecule has 4 aromatic carbocycles. The first-order valence-electron chi connectivity index (χ1n) is 13.8. The zero-order chi connectivity index (χ0) is 29.8. The molecule has 0 saturated carbocycles. The third-order valence-electron chi connectivity index (χ3n) is 6.89. The van der Waals surface area contributed by atoms with Gasteiger partial charge >= 0.3 is 0 Å². The number of amidine groups is 1. The molecule has 6 aromatic rings. The van der Waals surface area contributed by atoms with Crippen LogP contribution in [0, 0.1) is 5.41 Å². The van der Waals surface area contributed by atoms with E-state index in [1.165, 1.54) is 0 Å². The molecule has 2 heterocycles. The molecule has 0 unspecified atom stereocenters. The second kappa shape index (κ2) is 12.1. The molecule has 0 atom stereocenters. The van der Waals surface area contributed by atoms with Crippen molar-refractivity contribution < 1.29 is 14.2 Å². The lowest BCUT2D eigenvalue weighted by atomic mass is 10.1. The fourth-order valence-corrected chi connectivity index (χ4v) is 4.62. The van der Waals surface area contributed by atoms with Crippen molar-refractivity contribution in [1.82, 2.24) is 19.9 Å². The van der Waals surface area contributed by atoms with Gasteiger partial charge in [0, 0.05) is 22.4 Å². The molecular weight excluding hydrogens is 542 g/mol. The molecule has 6 rings (SSSR count). The monoisotopic (exact) mass is 573 g/mol. The van der Waals surface area contributed by atoms with Gasteiger partial charge in [0.1, 0.15) is 42.2 Å². The van der Waals surface area contributed by atoms with Gasteiger partial charge in [-0.15, -0.1) is 0 Å². The second-order valence-corrected chi connectivity index (χ2v) is 9.93. The van der Waals surface area contributed by atoms with Gasteiger partial charge in [-0.1, -0.05) is 12.6 Å². The van der Waals surface area contributed by atoms with Gasteiger partial charge in [-0.3, -0.25) is 5.41 Å². The van der Waals surface area contributed by atoms with Gasteiger partial charge in [0.25, 0.3) is 0 Å². The second-order valence-electron chi connectivity index (χ2n) is 9.93. The van der Waals surface area contributed by atoms with Crippen LogP contribution in [0.2, 0.25) is 0 Å². The highest BCUT2D eigenvalue weighted by molar-refractivity contribution is 5.98. The molecule has 0 aliphatic carbocycles. The van der Waals surface area contributed by atoms with E-state index in [0.29, 0.717) is 37.7 Å². The van der Waals surface area contributed by atoms with Crippen molar-refractivity contribution in [3.05, 3.63) is 103 Å². The van der Waals surface area contributed by atoms with Crippen molar-refractivity contribution in [2.24, 2.45) is 11.5 Å². The number of hydrogen-bond acceptors (Lipinski definition) is 7. The highest BCUT2D eigenvalue weighted by Gasteiger charge is 2.09. The number of nitrogens with zero attached hydrogens (tertiary/aromatic N) is 2. The maximum atomic E-state index is 7.61. The molecule has 0 aliphatic rings. The number of nitrogen functional groups attached to an aromatic ring is 1. The quantitative estimate of drug-likeness (QED) is 0.0738. The van der Waals surface area contributed by atoms with Crippen LogP contribution in [-0.4, -0.2) is 52.2 Å². The maximum Gasteiger partial charge on any atom is 0.138 e. The number of fused-ring (bicyclic) bond motifs is 2. The van der Waals surface area contributed by atoms with Crippen molar-refractivity contribution >= 4 is 33.6 Å². The predicted molar refractivity (Wildman–Crippen MR) is 169 cm³/mol. The van der Waals surface area contributed by atoms with E-state index in [1.807, 2.05) is 78.9 Å². The summed E-state index contributed by atoms with van der Waals surface area (Å²) >= 11 is 0. The number of rotatable bonds is 12. The fourth-order valence-electron chi connectivity index (χ4n) is 4.62.